The number of hydrogen-bond donors (Lipinski definition) is 2. The summed E-state index contributed by atoms with van der Waals surface area (Å²) in [5.41, 5.74) is 9.75. The number of nitrogens with zero attached hydrogens (tertiary/aromatic N) is 5. The molecule has 1 aromatic carbocycles. The van der Waals surface area contributed by atoms with Crippen LogP contribution in [0.1, 0.15) is 27.2 Å². The van der Waals surface area contributed by atoms with E-state index in [4.69, 9.17) is 17.3 Å². The van der Waals surface area contributed by atoms with E-state index in [0.29, 0.717) is 46.2 Å². The molecule has 1 fully saturated rings. The zero-order valence-corrected chi connectivity index (χ0v) is 20.1. The molecule has 9 heteroatoms. The lowest BCUT2D eigenvalue weighted by Crippen LogP contribution is -2.47. The number of halogens is 1. The summed E-state index contributed by atoms with van der Waals surface area (Å²) in [6.07, 6.45) is 1.70. The van der Waals surface area contributed by atoms with Gasteiger partial charge in [0.1, 0.15) is 5.82 Å². The lowest BCUT2D eigenvalue weighted by molar-refractivity contribution is 0.0664. The molecule has 1 amide bonds. The number of nitrogens with two attached hydrogens (primary N) is 1. The van der Waals surface area contributed by atoms with Gasteiger partial charge in [-0.15, -0.1) is 0 Å². The molecule has 4 rings (SSSR count). The number of amides is 1. The number of anilines is 2. The Morgan fingerprint density at radius 2 is 1.88 bits per heavy atom. The summed E-state index contributed by atoms with van der Waals surface area (Å²) >= 11 is 6.57. The first-order valence-electron chi connectivity index (χ1n) is 10.9. The molecule has 174 valence electrons. The number of pyridine rings is 1. The van der Waals surface area contributed by atoms with Crippen LogP contribution in [0.25, 0.3) is 11.3 Å². The number of hydrogen-bond acceptors (Lipinski definition) is 7. The smallest absolute Gasteiger partial charge is 0.255 e. The molecule has 8 nitrogen and oxygen atoms in total. The average Bonchev–Trinajstić information content (AvgIpc) is 2.83. The molecule has 1 saturated heterocycles. The number of likely N-dealkylation sites (N-methyl/N-ethyl adjacent to an activating group) is 1. The Hall–Kier alpha value is -3.67. The van der Waals surface area contributed by atoms with Crippen LogP contribution in [0.15, 0.2) is 36.5 Å². The van der Waals surface area contributed by atoms with Crippen molar-refractivity contribution in [2.75, 3.05) is 51.3 Å². The van der Waals surface area contributed by atoms with Crippen LogP contribution in [0.5, 0.6) is 0 Å². The number of nitrogens with one attached hydrogen (secondary N) is 1. The molecule has 0 spiro atoms. The van der Waals surface area contributed by atoms with E-state index in [9.17, 15) is 4.79 Å². The molecule has 0 bridgehead atoms. The van der Waals surface area contributed by atoms with Crippen LogP contribution >= 0.6 is 11.6 Å². The number of carbonyl (C=O) groups excluding carboxylic acids is 1. The predicted octanol–water partition coefficient (Wildman–Crippen LogP) is 2.91. The molecule has 3 aromatic rings. The predicted molar refractivity (Wildman–Crippen MR) is 135 cm³/mol. The Morgan fingerprint density at radius 3 is 2.53 bits per heavy atom. The summed E-state index contributed by atoms with van der Waals surface area (Å²) in [6.45, 7) is 4.88. The number of nitrogen functional groups attached to an aromatic ring is 1. The van der Waals surface area contributed by atoms with Gasteiger partial charge in [0.2, 0.25) is 5.95 Å². The summed E-state index contributed by atoms with van der Waals surface area (Å²) in [7, 11) is 3.86. The maximum absolute atomic E-state index is 13.0. The molecular weight excluding hydrogens is 450 g/mol. The molecule has 0 aliphatic carbocycles. The zero-order chi connectivity index (χ0) is 24.2. The number of carbonyl (C=O) groups is 1. The van der Waals surface area contributed by atoms with Gasteiger partial charge in [-0.1, -0.05) is 29.5 Å². The highest BCUT2D eigenvalue weighted by Gasteiger charge is 2.23. The van der Waals surface area contributed by atoms with E-state index < -0.39 is 0 Å². The third-order valence-corrected chi connectivity index (χ3v) is 6.03. The first-order valence-corrected chi connectivity index (χ1v) is 11.3. The van der Waals surface area contributed by atoms with Crippen LogP contribution in [-0.4, -0.2) is 70.9 Å². The molecule has 2 aromatic heterocycles. The SMILES string of the molecule is CNc1ccc(C#Cc2c(C)nc(N)nc2-c2ccc(C(=O)N3CCN(C)CC3)c(Cl)c2)cn1. The van der Waals surface area contributed by atoms with E-state index in [-0.39, 0.29) is 11.9 Å². The van der Waals surface area contributed by atoms with Crippen LogP contribution in [-0.2, 0) is 0 Å². The minimum atomic E-state index is -0.0689. The highest BCUT2D eigenvalue weighted by molar-refractivity contribution is 6.34. The number of rotatable bonds is 3. The molecule has 34 heavy (non-hydrogen) atoms. The van der Waals surface area contributed by atoms with Crippen molar-refractivity contribution in [3.63, 3.8) is 0 Å². The van der Waals surface area contributed by atoms with Crippen molar-refractivity contribution in [1.29, 1.82) is 0 Å². The van der Waals surface area contributed by atoms with Crippen molar-refractivity contribution in [3.05, 3.63) is 63.9 Å². The van der Waals surface area contributed by atoms with Gasteiger partial charge in [-0.3, -0.25) is 4.79 Å². The quantitative estimate of drug-likeness (QED) is 0.562. The second kappa shape index (κ2) is 10.1. The van der Waals surface area contributed by atoms with Crippen LogP contribution in [0, 0.1) is 18.8 Å². The third-order valence-electron chi connectivity index (χ3n) is 5.72. The fraction of sp³-hybridized carbons (Fsp3) is 0.280. The molecule has 0 unspecified atom stereocenters. The minimum absolute atomic E-state index is 0.0689. The van der Waals surface area contributed by atoms with Crippen molar-refractivity contribution in [2.45, 2.75) is 6.92 Å². The molecule has 1 aliphatic heterocycles. The van der Waals surface area contributed by atoms with Crippen molar-refractivity contribution in [1.82, 2.24) is 24.8 Å². The third kappa shape index (κ3) is 5.11. The van der Waals surface area contributed by atoms with E-state index in [1.807, 2.05) is 44.1 Å². The fourth-order valence-electron chi connectivity index (χ4n) is 3.72. The second-order valence-electron chi connectivity index (χ2n) is 8.11. The van der Waals surface area contributed by atoms with E-state index in [1.165, 1.54) is 0 Å². The van der Waals surface area contributed by atoms with Gasteiger partial charge < -0.3 is 20.9 Å². The minimum Gasteiger partial charge on any atom is -0.373 e. The molecule has 0 radical (unpaired) electrons. The normalized spacial score (nSPS) is 13.8. The van der Waals surface area contributed by atoms with Gasteiger partial charge in [0.25, 0.3) is 5.91 Å². The van der Waals surface area contributed by atoms with Gasteiger partial charge in [-0.05, 0) is 38.2 Å². The molecular formula is C25H26ClN7O. The van der Waals surface area contributed by atoms with Gasteiger partial charge >= 0.3 is 0 Å². The maximum atomic E-state index is 13.0. The lowest BCUT2D eigenvalue weighted by Gasteiger charge is -2.32. The van der Waals surface area contributed by atoms with Gasteiger partial charge in [-0.2, -0.15) is 0 Å². The van der Waals surface area contributed by atoms with Crippen LogP contribution in [0.3, 0.4) is 0 Å². The summed E-state index contributed by atoms with van der Waals surface area (Å²) in [6, 6.07) is 9.04. The number of aryl methyl sites for hydroxylation is 1. The van der Waals surface area contributed by atoms with Gasteiger partial charge in [-0.25, -0.2) is 15.0 Å². The fourth-order valence-corrected chi connectivity index (χ4v) is 3.98. The molecule has 1 aliphatic rings. The topological polar surface area (TPSA) is 100 Å². The maximum Gasteiger partial charge on any atom is 0.255 e. The Labute approximate surface area is 204 Å². The Balaban J connectivity index is 1.67. The molecule has 0 saturated carbocycles. The summed E-state index contributed by atoms with van der Waals surface area (Å²) < 4.78 is 0. The number of aromatic nitrogens is 3. The van der Waals surface area contributed by atoms with E-state index >= 15 is 0 Å². The average molecular weight is 476 g/mol. The van der Waals surface area contributed by atoms with E-state index in [2.05, 4.69) is 37.0 Å². The summed E-state index contributed by atoms with van der Waals surface area (Å²) in [4.78, 5) is 30.0. The van der Waals surface area contributed by atoms with Crippen LogP contribution in [0.2, 0.25) is 5.02 Å². The molecule has 3 N–H and O–H groups in total. The lowest BCUT2D eigenvalue weighted by atomic mass is 10.0. The summed E-state index contributed by atoms with van der Waals surface area (Å²) in [5, 5.41) is 3.34. The monoisotopic (exact) mass is 475 g/mol. The first-order chi connectivity index (χ1) is 16.4. The number of piperazine rings is 1. The highest BCUT2D eigenvalue weighted by atomic mass is 35.5. The first kappa shape index (κ1) is 23.5. The largest absolute Gasteiger partial charge is 0.373 e. The van der Waals surface area contributed by atoms with E-state index in [0.717, 1.165) is 24.5 Å². The van der Waals surface area contributed by atoms with Crippen molar-refractivity contribution < 1.29 is 4.79 Å². The Morgan fingerprint density at radius 1 is 1.12 bits per heavy atom. The summed E-state index contributed by atoms with van der Waals surface area (Å²) in [5.74, 6) is 7.11. The second-order valence-corrected chi connectivity index (χ2v) is 8.52. The van der Waals surface area contributed by atoms with Crippen LogP contribution in [0.4, 0.5) is 11.8 Å². The highest BCUT2D eigenvalue weighted by Crippen LogP contribution is 2.29. The molecule has 0 atom stereocenters. The number of benzene rings is 1. The van der Waals surface area contributed by atoms with Crippen molar-refractivity contribution >= 4 is 29.3 Å². The van der Waals surface area contributed by atoms with Gasteiger partial charge in [0.15, 0.2) is 0 Å². The molecule has 3 heterocycles. The standard InChI is InChI=1S/C25H26ClN7O/c1-16-19(7-4-17-5-9-22(28-2)29-15-17)23(31-25(27)30-16)18-6-8-20(21(26)14-18)24(34)33-12-10-32(3)11-13-33/h5-6,8-9,14-15H,10-13H2,1-3H3,(H,28,29)(H2,27,30,31). The Bertz CT molecular complexity index is 1270. The van der Waals surface area contributed by atoms with Crippen molar-refractivity contribution in [3.8, 4) is 23.1 Å². The van der Waals surface area contributed by atoms with Gasteiger partial charge in [0, 0.05) is 50.6 Å². The zero-order valence-electron chi connectivity index (χ0n) is 19.4. The Kier molecular flexibility index (Phi) is 6.96. The van der Waals surface area contributed by atoms with Crippen molar-refractivity contribution in [2.24, 2.45) is 0 Å². The van der Waals surface area contributed by atoms with Gasteiger partial charge in [0.05, 0.1) is 27.5 Å². The van der Waals surface area contributed by atoms with Crippen LogP contribution < -0.4 is 11.1 Å². The van der Waals surface area contributed by atoms with E-state index in [1.54, 1.807) is 18.3 Å².